The van der Waals surface area contributed by atoms with E-state index >= 15 is 0 Å². The molecular formula is C8H13N4OP. The Balaban J connectivity index is 2.52. The molecule has 0 atom stereocenters. The van der Waals surface area contributed by atoms with Crippen molar-refractivity contribution in [3.63, 3.8) is 0 Å². The Morgan fingerprint density at radius 3 is 3.07 bits per heavy atom. The van der Waals surface area contributed by atoms with E-state index in [0.29, 0.717) is 11.2 Å². The Kier molecular flexibility index (Phi) is 1.57. The molecule has 2 heterocycles. The van der Waals surface area contributed by atoms with E-state index in [1.807, 2.05) is 18.4 Å². The maximum absolute atomic E-state index is 7.19. The molecule has 76 valence electrons. The van der Waals surface area contributed by atoms with E-state index in [9.17, 15) is 0 Å². The van der Waals surface area contributed by atoms with Crippen LogP contribution in [0.5, 0.6) is 5.88 Å². The molecule has 2 rings (SSSR count). The third-order valence-corrected chi connectivity index (χ3v) is 2.17. The summed E-state index contributed by atoms with van der Waals surface area (Å²) < 4.78 is 28.3. The zero-order valence-electron chi connectivity index (χ0n) is 10.9. The second-order valence-corrected chi connectivity index (χ2v) is 3.40. The van der Waals surface area contributed by atoms with Gasteiger partial charge in [0.1, 0.15) is 0 Å². The van der Waals surface area contributed by atoms with Crippen molar-refractivity contribution in [2.45, 2.75) is 19.9 Å². The Bertz CT molecular complexity index is 539. The quantitative estimate of drug-likeness (QED) is 0.722. The molecule has 14 heavy (non-hydrogen) atoms. The first-order valence-corrected chi connectivity index (χ1v) is 4.66. The van der Waals surface area contributed by atoms with Gasteiger partial charge in [0, 0.05) is 0 Å². The summed E-state index contributed by atoms with van der Waals surface area (Å²) in [6.07, 6.45) is 2.90. The topological polar surface area (TPSA) is 52.8 Å². The molecule has 0 saturated carbocycles. The van der Waals surface area contributed by atoms with Crippen LogP contribution in [0.4, 0.5) is 0 Å². The van der Waals surface area contributed by atoms with E-state index in [1.165, 1.54) is 6.33 Å². The van der Waals surface area contributed by atoms with Crippen molar-refractivity contribution in [1.29, 1.82) is 3.84 Å². The Labute approximate surface area is 87.7 Å². The van der Waals surface area contributed by atoms with Gasteiger partial charge in [-0.1, -0.05) is 0 Å². The molecule has 0 saturated heterocycles. The first-order chi connectivity index (χ1) is 7.88. The molecule has 0 spiro atoms. The predicted molar refractivity (Wildman–Crippen MR) is 58.8 cm³/mol. The van der Waals surface area contributed by atoms with Crippen LogP contribution in [-0.4, -0.2) is 23.4 Å². The average molecular weight is 218 g/mol. The van der Waals surface area contributed by atoms with Gasteiger partial charge in [-0.05, 0) is 0 Å². The summed E-state index contributed by atoms with van der Waals surface area (Å²) in [6.45, 7) is 3.98. The second-order valence-electron chi connectivity index (χ2n) is 3.20. The molecule has 0 aliphatic rings. The van der Waals surface area contributed by atoms with E-state index in [-0.39, 0.29) is 11.9 Å². The maximum atomic E-state index is 7.19. The fraction of sp³-hybridized carbons (Fsp3) is 0.375. The van der Waals surface area contributed by atoms with E-state index in [4.69, 9.17) is 8.36 Å². The molecule has 0 unspecified atom stereocenters. The number of hydrogen-bond donors (Lipinski definition) is 0. The summed E-state index contributed by atoms with van der Waals surface area (Å²) >= 11 is 0. The Morgan fingerprint density at radius 2 is 2.36 bits per heavy atom. The van der Waals surface area contributed by atoms with E-state index < -0.39 is 9.30 Å². The molecule has 0 radical (unpaired) electrons. The molecular weight excluding hydrogens is 199 g/mol. The van der Waals surface area contributed by atoms with E-state index in [1.54, 1.807) is 6.33 Å². The third-order valence-electron chi connectivity index (χ3n) is 1.98. The van der Waals surface area contributed by atoms with Gasteiger partial charge in [0.05, 0.1) is 0 Å². The van der Waals surface area contributed by atoms with Crippen LogP contribution in [0.2, 0.25) is 0 Å². The molecule has 0 aliphatic carbocycles. The fourth-order valence-corrected chi connectivity index (χ4v) is 1.43. The van der Waals surface area contributed by atoms with Gasteiger partial charge in [0.2, 0.25) is 0 Å². The zero-order valence-corrected chi connectivity index (χ0v) is 8.93. The van der Waals surface area contributed by atoms with Crippen LogP contribution >= 0.6 is 9.30 Å². The van der Waals surface area contributed by atoms with Gasteiger partial charge in [-0.15, -0.1) is 0 Å². The summed E-state index contributed by atoms with van der Waals surface area (Å²) in [5, 5.41) is 0. The third kappa shape index (κ3) is 1.34. The molecule has 5 nitrogen and oxygen atoms in total. The predicted octanol–water partition coefficient (Wildman–Crippen LogP) is 1.04. The number of rotatable bonds is 3. The van der Waals surface area contributed by atoms with Gasteiger partial charge in [-0.25, -0.2) is 0 Å². The van der Waals surface area contributed by atoms with Crippen LogP contribution in [0, 0.1) is 0 Å². The van der Waals surface area contributed by atoms with Crippen molar-refractivity contribution in [2.24, 2.45) is 0 Å². The number of imidazole rings is 1. The molecule has 0 aliphatic heterocycles. The Hall–Kier alpha value is -1.22. The minimum absolute atomic E-state index is 0.0427. The standard InChI is InChI=1S/C8H13N4OP/c1-5(2)12-4-11-6-7(12)9-3-10-8(6)13-14/h3-5H,1-2H3,14H4/i14T3. The number of fused-ring (bicyclic) bond motifs is 1. The second kappa shape index (κ2) is 3.50. The summed E-state index contributed by atoms with van der Waals surface area (Å²) in [5.41, 5.74) is 0.980. The van der Waals surface area contributed by atoms with Crippen LogP contribution < -0.4 is 4.52 Å². The first kappa shape index (κ1) is 6.30. The molecule has 0 amide bonds. The number of nitrogens with zero attached hydrogens (tertiary/aromatic N) is 4. The van der Waals surface area contributed by atoms with E-state index in [2.05, 4.69) is 15.0 Å². The van der Waals surface area contributed by atoms with Crippen LogP contribution in [0.1, 0.15) is 19.9 Å². The van der Waals surface area contributed by atoms with Crippen molar-refractivity contribution in [3.8, 4) is 5.88 Å². The monoisotopic (exact) mass is 218 g/mol. The molecule has 0 fully saturated rings. The van der Waals surface area contributed by atoms with Crippen LogP contribution in [0.3, 0.4) is 0 Å². The van der Waals surface area contributed by atoms with E-state index in [0.717, 1.165) is 0 Å². The summed E-state index contributed by atoms with van der Waals surface area (Å²) in [5.74, 6) is 0.0427. The van der Waals surface area contributed by atoms with Crippen LogP contribution in [0.15, 0.2) is 12.7 Å². The van der Waals surface area contributed by atoms with Gasteiger partial charge in [-0.2, -0.15) is 0 Å². The summed E-state index contributed by atoms with van der Waals surface area (Å²) in [7, 11) is -3.92. The Morgan fingerprint density at radius 1 is 1.50 bits per heavy atom. The van der Waals surface area contributed by atoms with Crippen molar-refractivity contribution < 1.29 is 4.52 Å². The van der Waals surface area contributed by atoms with Gasteiger partial charge in [0.15, 0.2) is 0 Å². The van der Waals surface area contributed by atoms with Crippen molar-refractivity contribution in [2.75, 3.05) is 0 Å². The summed E-state index contributed by atoms with van der Waals surface area (Å²) in [6, 6.07) is 0.188. The molecule has 2 aromatic heterocycles. The zero-order chi connectivity index (χ0) is 12.6. The van der Waals surface area contributed by atoms with Gasteiger partial charge < -0.3 is 0 Å². The van der Waals surface area contributed by atoms with Gasteiger partial charge in [-0.3, -0.25) is 0 Å². The van der Waals surface area contributed by atoms with Gasteiger partial charge in [0.25, 0.3) is 0 Å². The SMILES string of the molecule is [3H][PH]([3H])([3H])Oc1ncnc2c1ncn2C(C)C. The molecule has 0 bridgehead atoms. The van der Waals surface area contributed by atoms with Crippen LogP contribution in [-0.2, 0) is 0 Å². The van der Waals surface area contributed by atoms with Crippen molar-refractivity contribution in [1.82, 2.24) is 19.5 Å². The molecule has 0 aromatic carbocycles. The normalized spacial score (nSPS) is 16.4. The van der Waals surface area contributed by atoms with Crippen molar-refractivity contribution in [3.05, 3.63) is 12.7 Å². The van der Waals surface area contributed by atoms with Gasteiger partial charge >= 0.3 is 86.8 Å². The minimum atomic E-state index is -3.92. The number of aromatic nitrogens is 4. The molecule has 2 aromatic rings. The van der Waals surface area contributed by atoms with Crippen molar-refractivity contribution >= 4 is 20.5 Å². The number of hydrogen-bond acceptors (Lipinski definition) is 4. The molecule has 6 heteroatoms. The fourth-order valence-electron chi connectivity index (χ4n) is 1.28. The first-order valence-electron chi connectivity index (χ1n) is 5.75. The van der Waals surface area contributed by atoms with Crippen LogP contribution in [0.25, 0.3) is 11.2 Å². The molecule has 0 N–H and O–H groups in total. The average Bonchev–Trinajstić information content (AvgIpc) is 2.59. The summed E-state index contributed by atoms with van der Waals surface area (Å²) in [4.78, 5) is 12.0.